The van der Waals surface area contributed by atoms with E-state index < -0.39 is 0 Å². The molecular weight excluding hydrogens is 427 g/mol. The maximum Gasteiger partial charge on any atom is 0.260 e. The van der Waals surface area contributed by atoms with E-state index in [1.165, 1.54) is 0 Å². The highest BCUT2D eigenvalue weighted by atomic mass is 35.5. The molecule has 0 unspecified atom stereocenters. The van der Waals surface area contributed by atoms with Gasteiger partial charge in [0.25, 0.3) is 5.91 Å². The number of nitrogens with zero attached hydrogens (tertiary/aromatic N) is 6. The molecule has 1 amide bonds. The van der Waals surface area contributed by atoms with Gasteiger partial charge < -0.3 is 14.5 Å². The SMILES string of the molecule is Cc1nccn1-c1cc(N2CCN(C(=O)COc3ccc(Cl)cc3Cl)CC2)ncn1. The Morgan fingerprint density at radius 1 is 1.07 bits per heavy atom. The van der Waals surface area contributed by atoms with E-state index in [4.69, 9.17) is 27.9 Å². The zero-order chi connectivity index (χ0) is 21.1. The first kappa shape index (κ1) is 20.4. The van der Waals surface area contributed by atoms with Gasteiger partial charge in [-0.05, 0) is 25.1 Å². The van der Waals surface area contributed by atoms with Crippen LogP contribution in [-0.2, 0) is 4.79 Å². The van der Waals surface area contributed by atoms with Crippen molar-refractivity contribution in [1.82, 2.24) is 24.4 Å². The molecule has 0 atom stereocenters. The highest BCUT2D eigenvalue weighted by Crippen LogP contribution is 2.27. The molecule has 2 aromatic heterocycles. The molecule has 1 aliphatic heterocycles. The van der Waals surface area contributed by atoms with E-state index in [0.29, 0.717) is 42.0 Å². The number of ether oxygens (including phenoxy) is 1. The zero-order valence-corrected chi connectivity index (χ0v) is 17.8. The van der Waals surface area contributed by atoms with Gasteiger partial charge in [-0.25, -0.2) is 15.0 Å². The average Bonchev–Trinajstić information content (AvgIpc) is 3.19. The first-order chi connectivity index (χ1) is 14.5. The lowest BCUT2D eigenvalue weighted by atomic mass is 10.3. The van der Waals surface area contributed by atoms with Gasteiger partial charge in [0.1, 0.15) is 29.5 Å². The van der Waals surface area contributed by atoms with E-state index in [-0.39, 0.29) is 12.5 Å². The Hall–Kier alpha value is -2.84. The second-order valence-electron chi connectivity index (χ2n) is 6.81. The summed E-state index contributed by atoms with van der Waals surface area (Å²) in [7, 11) is 0. The van der Waals surface area contributed by atoms with E-state index in [0.717, 1.165) is 17.5 Å². The molecule has 1 aliphatic rings. The Morgan fingerprint density at radius 2 is 1.83 bits per heavy atom. The summed E-state index contributed by atoms with van der Waals surface area (Å²) in [5, 5.41) is 0.902. The van der Waals surface area contributed by atoms with Crippen LogP contribution in [0.2, 0.25) is 10.0 Å². The van der Waals surface area contributed by atoms with Gasteiger partial charge in [0, 0.05) is 49.7 Å². The first-order valence-electron chi connectivity index (χ1n) is 9.44. The van der Waals surface area contributed by atoms with Crippen molar-refractivity contribution in [3.8, 4) is 11.6 Å². The molecule has 3 heterocycles. The van der Waals surface area contributed by atoms with Crippen LogP contribution in [-0.4, -0.2) is 63.1 Å². The summed E-state index contributed by atoms with van der Waals surface area (Å²) >= 11 is 12.0. The minimum Gasteiger partial charge on any atom is -0.482 e. The smallest absolute Gasteiger partial charge is 0.260 e. The van der Waals surface area contributed by atoms with Gasteiger partial charge in [-0.2, -0.15) is 0 Å². The number of imidazole rings is 1. The van der Waals surface area contributed by atoms with Crippen molar-refractivity contribution < 1.29 is 9.53 Å². The molecule has 0 saturated carbocycles. The third kappa shape index (κ3) is 4.49. The number of benzene rings is 1. The molecule has 30 heavy (non-hydrogen) atoms. The molecule has 0 aliphatic carbocycles. The Labute approximate surface area is 184 Å². The number of hydrogen-bond acceptors (Lipinski definition) is 6. The molecule has 4 rings (SSSR count). The first-order valence-corrected chi connectivity index (χ1v) is 10.2. The van der Waals surface area contributed by atoms with Crippen molar-refractivity contribution in [3.63, 3.8) is 0 Å². The number of piperazine rings is 1. The summed E-state index contributed by atoms with van der Waals surface area (Å²) in [5.74, 6) is 2.80. The number of hydrogen-bond donors (Lipinski definition) is 0. The standard InChI is InChI=1S/C20H20Cl2N6O2/c1-14-23-4-5-28(14)19-11-18(24-13-25-19)26-6-8-27(9-7-26)20(29)12-30-17-3-2-15(21)10-16(17)22/h2-5,10-11,13H,6-9,12H2,1H3. The van der Waals surface area contributed by atoms with Crippen LogP contribution < -0.4 is 9.64 Å². The van der Waals surface area contributed by atoms with Gasteiger partial charge in [-0.1, -0.05) is 23.2 Å². The monoisotopic (exact) mass is 446 g/mol. The predicted octanol–water partition coefficient (Wildman–Crippen LogP) is 3.01. The van der Waals surface area contributed by atoms with Crippen LogP contribution in [0, 0.1) is 6.92 Å². The number of amides is 1. The molecule has 0 bridgehead atoms. The average molecular weight is 447 g/mol. The summed E-state index contributed by atoms with van der Waals surface area (Å²) < 4.78 is 7.47. The quantitative estimate of drug-likeness (QED) is 0.599. The number of aryl methyl sites for hydroxylation is 1. The zero-order valence-electron chi connectivity index (χ0n) is 16.3. The van der Waals surface area contributed by atoms with Crippen LogP contribution in [0.1, 0.15) is 5.82 Å². The summed E-state index contributed by atoms with van der Waals surface area (Å²) in [6, 6.07) is 6.85. The fourth-order valence-electron chi connectivity index (χ4n) is 3.27. The van der Waals surface area contributed by atoms with E-state index in [2.05, 4.69) is 19.9 Å². The van der Waals surface area contributed by atoms with Crippen LogP contribution >= 0.6 is 23.2 Å². The van der Waals surface area contributed by atoms with E-state index in [1.807, 2.05) is 23.8 Å². The summed E-state index contributed by atoms with van der Waals surface area (Å²) in [6.45, 7) is 4.37. The maximum atomic E-state index is 12.5. The molecule has 1 saturated heterocycles. The number of halogens is 2. The highest BCUT2D eigenvalue weighted by Gasteiger charge is 2.23. The predicted molar refractivity (Wildman–Crippen MR) is 115 cm³/mol. The second kappa shape index (κ2) is 8.89. The number of carbonyl (C=O) groups excluding carboxylic acids is 1. The molecule has 0 radical (unpaired) electrons. The number of aromatic nitrogens is 4. The molecule has 0 N–H and O–H groups in total. The lowest BCUT2D eigenvalue weighted by Gasteiger charge is -2.35. The summed E-state index contributed by atoms with van der Waals surface area (Å²) in [4.78, 5) is 29.4. The normalized spacial score (nSPS) is 14.1. The molecule has 156 valence electrons. The van der Waals surface area contributed by atoms with Crippen LogP contribution in [0.25, 0.3) is 5.82 Å². The van der Waals surface area contributed by atoms with Crippen molar-refractivity contribution in [2.24, 2.45) is 0 Å². The molecule has 3 aromatic rings. The molecule has 1 fully saturated rings. The Kier molecular flexibility index (Phi) is 6.06. The lowest BCUT2D eigenvalue weighted by Crippen LogP contribution is -2.50. The van der Waals surface area contributed by atoms with Crippen LogP contribution in [0.5, 0.6) is 5.75 Å². The minimum absolute atomic E-state index is 0.0705. The Bertz CT molecular complexity index is 1050. The topological polar surface area (TPSA) is 76.4 Å². The van der Waals surface area contributed by atoms with Crippen molar-refractivity contribution in [2.45, 2.75) is 6.92 Å². The van der Waals surface area contributed by atoms with Crippen molar-refractivity contribution in [2.75, 3.05) is 37.7 Å². The van der Waals surface area contributed by atoms with Gasteiger partial charge in [0.2, 0.25) is 0 Å². The lowest BCUT2D eigenvalue weighted by molar-refractivity contribution is -0.133. The largest absolute Gasteiger partial charge is 0.482 e. The molecular formula is C20H20Cl2N6O2. The van der Waals surface area contributed by atoms with E-state index in [9.17, 15) is 4.79 Å². The van der Waals surface area contributed by atoms with E-state index in [1.54, 1.807) is 35.6 Å². The highest BCUT2D eigenvalue weighted by molar-refractivity contribution is 6.35. The molecule has 10 heteroatoms. The van der Waals surface area contributed by atoms with Gasteiger partial charge in [0.05, 0.1) is 5.02 Å². The summed E-state index contributed by atoms with van der Waals surface area (Å²) in [5.41, 5.74) is 0. The summed E-state index contributed by atoms with van der Waals surface area (Å²) in [6.07, 6.45) is 5.15. The minimum atomic E-state index is -0.0851. The van der Waals surface area contributed by atoms with Crippen molar-refractivity contribution in [3.05, 3.63) is 58.9 Å². The molecule has 8 nitrogen and oxygen atoms in total. The Morgan fingerprint density at radius 3 is 2.53 bits per heavy atom. The van der Waals surface area contributed by atoms with Gasteiger partial charge in [0.15, 0.2) is 6.61 Å². The van der Waals surface area contributed by atoms with E-state index >= 15 is 0 Å². The van der Waals surface area contributed by atoms with Gasteiger partial charge in [-0.3, -0.25) is 9.36 Å². The number of carbonyl (C=O) groups is 1. The second-order valence-corrected chi connectivity index (χ2v) is 7.65. The number of anilines is 1. The fourth-order valence-corrected chi connectivity index (χ4v) is 3.73. The molecule has 1 aromatic carbocycles. The van der Waals surface area contributed by atoms with Gasteiger partial charge in [-0.15, -0.1) is 0 Å². The van der Waals surface area contributed by atoms with Crippen molar-refractivity contribution >= 4 is 34.9 Å². The third-order valence-electron chi connectivity index (χ3n) is 4.91. The maximum absolute atomic E-state index is 12.5. The van der Waals surface area contributed by atoms with Crippen LogP contribution in [0.3, 0.4) is 0 Å². The third-order valence-corrected chi connectivity index (χ3v) is 5.44. The number of rotatable bonds is 5. The van der Waals surface area contributed by atoms with Gasteiger partial charge >= 0.3 is 0 Å². The fraction of sp³-hybridized carbons (Fsp3) is 0.300. The molecule has 0 spiro atoms. The van der Waals surface area contributed by atoms with Crippen LogP contribution in [0.15, 0.2) is 43.0 Å². The van der Waals surface area contributed by atoms with Crippen molar-refractivity contribution in [1.29, 1.82) is 0 Å². The van der Waals surface area contributed by atoms with Crippen LogP contribution in [0.4, 0.5) is 5.82 Å². The Balaban J connectivity index is 1.33.